The average molecular weight is 372 g/mol. The minimum Gasteiger partial charge on any atom is -0.465 e. The Morgan fingerprint density at radius 2 is 1.87 bits per heavy atom. The van der Waals surface area contributed by atoms with Crippen molar-refractivity contribution < 1.29 is 14.3 Å². The number of anilines is 1. The summed E-state index contributed by atoms with van der Waals surface area (Å²) in [6.45, 7) is 0. The van der Waals surface area contributed by atoms with Crippen LogP contribution in [0.2, 0.25) is 0 Å². The molecule has 1 aliphatic rings. The maximum Gasteiger partial charge on any atom is 0.337 e. The van der Waals surface area contributed by atoms with Gasteiger partial charge in [0.25, 0.3) is 5.91 Å². The van der Waals surface area contributed by atoms with Crippen molar-refractivity contribution in [3.8, 4) is 0 Å². The molecule has 0 saturated heterocycles. The van der Waals surface area contributed by atoms with Gasteiger partial charge in [0.1, 0.15) is 0 Å². The molecule has 0 saturated carbocycles. The van der Waals surface area contributed by atoms with Gasteiger partial charge in [-0.05, 0) is 42.0 Å². The monoisotopic (exact) mass is 371 g/mol. The van der Waals surface area contributed by atoms with E-state index in [9.17, 15) is 9.59 Å². The van der Waals surface area contributed by atoms with Gasteiger partial charge < -0.3 is 9.64 Å². The van der Waals surface area contributed by atoms with Crippen LogP contribution in [0.1, 0.15) is 21.5 Å². The van der Waals surface area contributed by atoms with Crippen molar-refractivity contribution in [3.63, 3.8) is 0 Å². The molecule has 0 aromatic heterocycles. The smallest absolute Gasteiger partial charge is 0.337 e. The van der Waals surface area contributed by atoms with E-state index in [1.807, 2.05) is 24.3 Å². The molecule has 23 heavy (non-hydrogen) atoms. The van der Waals surface area contributed by atoms with E-state index in [1.165, 1.54) is 7.11 Å². The van der Waals surface area contributed by atoms with E-state index in [0.29, 0.717) is 11.1 Å². The summed E-state index contributed by atoms with van der Waals surface area (Å²) in [7, 11) is 3.11. The Morgan fingerprint density at radius 3 is 2.52 bits per heavy atom. The van der Waals surface area contributed by atoms with E-state index >= 15 is 0 Å². The third kappa shape index (κ3) is 2.80. The van der Waals surface area contributed by atoms with Crippen molar-refractivity contribution >= 4 is 45.1 Å². The first-order valence-corrected chi connectivity index (χ1v) is 7.78. The van der Waals surface area contributed by atoms with E-state index in [4.69, 9.17) is 0 Å². The lowest BCUT2D eigenvalue weighted by Gasteiger charge is -2.08. The number of fused-ring (bicyclic) bond motifs is 1. The summed E-state index contributed by atoms with van der Waals surface area (Å²) < 4.78 is 5.60. The van der Waals surface area contributed by atoms with Crippen LogP contribution in [0.3, 0.4) is 0 Å². The molecule has 0 aliphatic carbocycles. The number of likely N-dealkylation sites (N-methyl/N-ethyl adjacent to an activating group) is 1. The van der Waals surface area contributed by atoms with Gasteiger partial charge in [-0.3, -0.25) is 4.79 Å². The number of rotatable bonds is 2. The predicted molar refractivity (Wildman–Crippen MR) is 93.2 cm³/mol. The third-order valence-electron chi connectivity index (χ3n) is 3.79. The normalized spacial score (nSPS) is 15.0. The lowest BCUT2D eigenvalue weighted by atomic mass is 10.0. The van der Waals surface area contributed by atoms with Crippen molar-refractivity contribution in [2.75, 3.05) is 19.1 Å². The number of halogens is 1. The topological polar surface area (TPSA) is 46.6 Å². The van der Waals surface area contributed by atoms with Crippen LogP contribution in [-0.4, -0.2) is 26.0 Å². The average Bonchev–Trinajstić information content (AvgIpc) is 2.79. The van der Waals surface area contributed by atoms with Crippen LogP contribution in [0.4, 0.5) is 5.69 Å². The van der Waals surface area contributed by atoms with Gasteiger partial charge in [0, 0.05) is 22.7 Å². The van der Waals surface area contributed by atoms with Crippen molar-refractivity contribution in [2.24, 2.45) is 0 Å². The Balaban J connectivity index is 2.01. The van der Waals surface area contributed by atoms with Gasteiger partial charge in [0.2, 0.25) is 0 Å². The number of methoxy groups -OCH3 is 1. The van der Waals surface area contributed by atoms with E-state index in [0.717, 1.165) is 21.3 Å². The molecule has 0 bridgehead atoms. The summed E-state index contributed by atoms with van der Waals surface area (Å²) in [6.07, 6.45) is 1.83. The van der Waals surface area contributed by atoms with E-state index in [2.05, 4.69) is 20.7 Å². The molecule has 2 aromatic rings. The summed E-state index contributed by atoms with van der Waals surface area (Å²) in [5, 5.41) is 0. The van der Waals surface area contributed by atoms with Crippen molar-refractivity contribution in [3.05, 3.63) is 63.6 Å². The van der Waals surface area contributed by atoms with Gasteiger partial charge in [0.15, 0.2) is 0 Å². The molecular weight excluding hydrogens is 358 g/mol. The number of esters is 1. The molecule has 0 atom stereocenters. The van der Waals surface area contributed by atoms with Crippen LogP contribution in [0, 0.1) is 0 Å². The van der Waals surface area contributed by atoms with Crippen molar-refractivity contribution in [2.45, 2.75) is 0 Å². The minimum absolute atomic E-state index is 0.0462. The Bertz CT molecular complexity index is 825. The van der Waals surface area contributed by atoms with Gasteiger partial charge in [-0.1, -0.05) is 28.1 Å². The lowest BCUT2D eigenvalue weighted by Crippen LogP contribution is -2.20. The van der Waals surface area contributed by atoms with Gasteiger partial charge in [-0.25, -0.2) is 4.79 Å². The Hall–Kier alpha value is -2.40. The summed E-state index contributed by atoms with van der Waals surface area (Å²) in [4.78, 5) is 25.6. The first-order valence-electron chi connectivity index (χ1n) is 6.99. The number of ether oxygens (including phenoxy) is 1. The molecule has 1 aliphatic heterocycles. The Morgan fingerprint density at radius 1 is 1.17 bits per heavy atom. The highest BCUT2D eigenvalue weighted by Crippen LogP contribution is 2.38. The molecule has 0 unspecified atom stereocenters. The number of carbonyl (C=O) groups excluding carboxylic acids is 2. The molecule has 3 rings (SSSR count). The summed E-state index contributed by atoms with van der Waals surface area (Å²) >= 11 is 3.44. The van der Waals surface area contributed by atoms with Gasteiger partial charge in [-0.2, -0.15) is 0 Å². The van der Waals surface area contributed by atoms with Gasteiger partial charge in [-0.15, -0.1) is 0 Å². The predicted octanol–water partition coefficient (Wildman–Crippen LogP) is 3.75. The zero-order valence-corrected chi connectivity index (χ0v) is 14.3. The fourth-order valence-electron chi connectivity index (χ4n) is 2.56. The SMILES string of the molecule is COC(=O)c1ccc(/C=C2/C(=O)N(C)c3ccc(Br)cc32)cc1. The Labute approximate surface area is 142 Å². The zero-order chi connectivity index (χ0) is 16.6. The molecule has 4 nitrogen and oxygen atoms in total. The second kappa shape index (κ2) is 6.01. The molecule has 0 radical (unpaired) electrons. The first kappa shape index (κ1) is 15.5. The number of hydrogen-bond acceptors (Lipinski definition) is 3. The van der Waals surface area contributed by atoms with Crippen LogP contribution >= 0.6 is 15.9 Å². The standard InChI is InChI=1S/C18H14BrNO3/c1-20-16-8-7-13(19)10-14(16)15(17(20)21)9-11-3-5-12(6-4-11)18(22)23-2/h3-10H,1-2H3/b15-9+. The van der Waals surface area contributed by atoms with E-state index < -0.39 is 0 Å². The zero-order valence-electron chi connectivity index (χ0n) is 12.7. The minimum atomic E-state index is -0.379. The third-order valence-corrected chi connectivity index (χ3v) is 4.28. The highest BCUT2D eigenvalue weighted by molar-refractivity contribution is 9.10. The van der Waals surface area contributed by atoms with Gasteiger partial charge >= 0.3 is 5.97 Å². The maximum atomic E-state index is 12.5. The largest absolute Gasteiger partial charge is 0.465 e. The fourth-order valence-corrected chi connectivity index (χ4v) is 2.92. The first-order chi connectivity index (χ1) is 11.0. The number of hydrogen-bond donors (Lipinski definition) is 0. The molecule has 0 fully saturated rings. The van der Waals surface area contributed by atoms with Crippen molar-refractivity contribution in [1.82, 2.24) is 0 Å². The number of amides is 1. The quantitative estimate of drug-likeness (QED) is 0.596. The molecule has 1 heterocycles. The van der Waals surface area contributed by atoms with E-state index in [1.54, 1.807) is 36.2 Å². The maximum absolute atomic E-state index is 12.5. The van der Waals surface area contributed by atoms with Crippen LogP contribution in [0.5, 0.6) is 0 Å². The second-order valence-electron chi connectivity index (χ2n) is 5.20. The lowest BCUT2D eigenvalue weighted by molar-refractivity contribution is -0.112. The summed E-state index contributed by atoms with van der Waals surface area (Å²) in [5.74, 6) is -0.426. The molecule has 1 amide bonds. The summed E-state index contributed by atoms with van der Waals surface area (Å²) in [5.41, 5.74) is 3.74. The van der Waals surface area contributed by atoms with Crippen LogP contribution < -0.4 is 4.90 Å². The fraction of sp³-hybridized carbons (Fsp3) is 0.111. The van der Waals surface area contributed by atoms with E-state index in [-0.39, 0.29) is 11.9 Å². The summed E-state index contributed by atoms with van der Waals surface area (Å²) in [6, 6.07) is 12.7. The highest BCUT2D eigenvalue weighted by atomic mass is 79.9. The number of carbonyl (C=O) groups is 2. The second-order valence-corrected chi connectivity index (χ2v) is 6.11. The molecular formula is C18H14BrNO3. The van der Waals surface area contributed by atoms with Crippen molar-refractivity contribution in [1.29, 1.82) is 0 Å². The highest BCUT2D eigenvalue weighted by Gasteiger charge is 2.29. The molecule has 2 aromatic carbocycles. The number of benzene rings is 2. The van der Waals surface area contributed by atoms with Gasteiger partial charge in [0.05, 0.1) is 18.4 Å². The molecule has 0 N–H and O–H groups in total. The Kier molecular flexibility index (Phi) is 4.05. The number of nitrogens with zero attached hydrogens (tertiary/aromatic N) is 1. The molecule has 5 heteroatoms. The van der Waals surface area contributed by atoms with Crippen LogP contribution in [0.25, 0.3) is 11.6 Å². The molecule has 116 valence electrons. The molecule has 0 spiro atoms. The van der Waals surface area contributed by atoms with Crippen LogP contribution in [0.15, 0.2) is 46.9 Å². The van der Waals surface area contributed by atoms with Crippen LogP contribution in [-0.2, 0) is 9.53 Å².